The summed E-state index contributed by atoms with van der Waals surface area (Å²) in [4.78, 5) is 20.2. The minimum absolute atomic E-state index is 0.251. The van der Waals surface area contributed by atoms with Gasteiger partial charge in [0.2, 0.25) is 10.0 Å². The van der Waals surface area contributed by atoms with Crippen molar-refractivity contribution in [2.24, 2.45) is 4.99 Å². The summed E-state index contributed by atoms with van der Waals surface area (Å²) in [5.41, 5.74) is 2.89. The number of thioether (sulfide) groups is 1. The SMILES string of the molecule is O=C1N=C(N2CCCCC2)S/C1=C\c1cn(-c2ccccc2)nc1-c1cccc(S(=O)(=O)N2CCCC2)c1. The number of carbonyl (C=O) groups excluding carboxylic acids is 1. The van der Waals surface area contributed by atoms with Crippen molar-refractivity contribution in [2.45, 2.75) is 37.0 Å². The fourth-order valence-corrected chi connectivity index (χ4v) is 7.59. The molecule has 4 heterocycles. The van der Waals surface area contributed by atoms with Gasteiger partial charge in [-0.15, -0.1) is 0 Å². The number of carbonyl (C=O) groups is 1. The standard InChI is InChI=1S/C28H29N5O3S2/c34-27-25(37-28(29-27)31-14-5-2-6-15-31)19-22-20-33(23-11-3-1-4-12-23)30-26(22)21-10-9-13-24(18-21)38(35,36)32-16-7-8-17-32/h1,3-4,9-13,18-20H,2,5-8,14-17H2/b25-19-. The molecule has 0 unspecified atom stereocenters. The number of benzene rings is 2. The topological polar surface area (TPSA) is 87.9 Å². The number of aromatic nitrogens is 2. The van der Waals surface area contributed by atoms with Crippen LogP contribution in [-0.2, 0) is 14.8 Å². The number of amidine groups is 1. The zero-order chi connectivity index (χ0) is 26.1. The minimum atomic E-state index is -3.58. The van der Waals surface area contributed by atoms with Crippen molar-refractivity contribution in [1.82, 2.24) is 19.0 Å². The summed E-state index contributed by atoms with van der Waals surface area (Å²) < 4.78 is 29.8. The number of nitrogens with zero attached hydrogens (tertiary/aromatic N) is 5. The second-order valence-corrected chi connectivity index (χ2v) is 12.7. The number of aliphatic imine (C=N–C) groups is 1. The van der Waals surface area contributed by atoms with E-state index in [1.807, 2.05) is 48.7 Å². The molecule has 6 rings (SSSR count). The Bertz CT molecular complexity index is 1520. The quantitative estimate of drug-likeness (QED) is 0.427. The number of rotatable bonds is 5. The Kier molecular flexibility index (Phi) is 6.94. The van der Waals surface area contributed by atoms with E-state index in [0.29, 0.717) is 29.3 Å². The summed E-state index contributed by atoms with van der Waals surface area (Å²) in [6, 6.07) is 16.7. The lowest BCUT2D eigenvalue weighted by Gasteiger charge is -2.27. The van der Waals surface area contributed by atoms with E-state index in [4.69, 9.17) is 5.10 Å². The second-order valence-electron chi connectivity index (χ2n) is 9.71. The van der Waals surface area contributed by atoms with Gasteiger partial charge in [0.05, 0.1) is 15.5 Å². The van der Waals surface area contributed by atoms with E-state index < -0.39 is 10.0 Å². The maximum absolute atomic E-state index is 13.3. The second kappa shape index (κ2) is 10.5. The zero-order valence-corrected chi connectivity index (χ0v) is 22.6. The molecule has 0 aliphatic carbocycles. The number of sulfonamides is 1. The van der Waals surface area contributed by atoms with Gasteiger partial charge >= 0.3 is 0 Å². The molecule has 0 saturated carbocycles. The molecule has 0 atom stereocenters. The fraction of sp³-hybridized carbons (Fsp3) is 0.321. The van der Waals surface area contributed by atoms with Crippen LogP contribution in [0.3, 0.4) is 0 Å². The molecule has 196 valence electrons. The Morgan fingerprint density at radius 1 is 0.868 bits per heavy atom. The third kappa shape index (κ3) is 4.95. The summed E-state index contributed by atoms with van der Waals surface area (Å²) in [7, 11) is -3.58. The van der Waals surface area contributed by atoms with Gasteiger partial charge in [-0.05, 0) is 74.2 Å². The Morgan fingerprint density at radius 2 is 1.61 bits per heavy atom. The van der Waals surface area contributed by atoms with Crippen molar-refractivity contribution in [1.29, 1.82) is 0 Å². The van der Waals surface area contributed by atoms with Crippen LogP contribution in [0.2, 0.25) is 0 Å². The molecule has 2 saturated heterocycles. The molecule has 1 amide bonds. The average Bonchev–Trinajstić information content (AvgIpc) is 3.71. The highest BCUT2D eigenvalue weighted by molar-refractivity contribution is 8.18. The number of hydrogen-bond acceptors (Lipinski definition) is 6. The first-order chi connectivity index (χ1) is 18.5. The number of para-hydroxylation sites is 1. The average molecular weight is 548 g/mol. The van der Waals surface area contributed by atoms with Crippen LogP contribution < -0.4 is 0 Å². The number of likely N-dealkylation sites (tertiary alicyclic amines) is 1. The zero-order valence-electron chi connectivity index (χ0n) is 21.0. The summed E-state index contributed by atoms with van der Waals surface area (Å²) in [5, 5.41) is 5.60. The predicted octanol–water partition coefficient (Wildman–Crippen LogP) is 4.78. The van der Waals surface area contributed by atoms with Crippen molar-refractivity contribution in [3.63, 3.8) is 0 Å². The number of piperidine rings is 1. The largest absolute Gasteiger partial charge is 0.351 e. The summed E-state index contributed by atoms with van der Waals surface area (Å²) in [6.45, 7) is 2.93. The molecule has 8 nitrogen and oxygen atoms in total. The van der Waals surface area contributed by atoms with Gasteiger partial charge in [-0.1, -0.05) is 30.3 Å². The molecule has 10 heteroatoms. The Morgan fingerprint density at radius 3 is 2.37 bits per heavy atom. The van der Waals surface area contributed by atoms with E-state index in [1.54, 1.807) is 27.2 Å². The van der Waals surface area contributed by atoms with Crippen molar-refractivity contribution in [3.05, 3.63) is 71.3 Å². The van der Waals surface area contributed by atoms with Crippen LogP contribution in [-0.4, -0.2) is 64.7 Å². The van der Waals surface area contributed by atoms with Crippen molar-refractivity contribution < 1.29 is 13.2 Å². The fourth-order valence-electron chi connectivity index (χ4n) is 5.07. The van der Waals surface area contributed by atoms with E-state index in [-0.39, 0.29) is 10.8 Å². The summed E-state index contributed by atoms with van der Waals surface area (Å²) in [5.74, 6) is -0.251. The van der Waals surface area contributed by atoms with Crippen LogP contribution in [0.1, 0.15) is 37.7 Å². The van der Waals surface area contributed by atoms with Crippen LogP contribution >= 0.6 is 11.8 Å². The highest BCUT2D eigenvalue weighted by Crippen LogP contribution is 2.35. The van der Waals surface area contributed by atoms with Gasteiger partial charge in [-0.25, -0.2) is 13.1 Å². The maximum Gasteiger partial charge on any atom is 0.286 e. The van der Waals surface area contributed by atoms with Crippen LogP contribution in [0.5, 0.6) is 0 Å². The van der Waals surface area contributed by atoms with Gasteiger partial charge in [0, 0.05) is 43.5 Å². The van der Waals surface area contributed by atoms with E-state index >= 15 is 0 Å². The van der Waals surface area contributed by atoms with Gasteiger partial charge in [0.1, 0.15) is 5.69 Å². The lowest BCUT2D eigenvalue weighted by Crippen LogP contribution is -2.33. The smallest absolute Gasteiger partial charge is 0.286 e. The van der Waals surface area contributed by atoms with Crippen LogP contribution in [0, 0.1) is 0 Å². The van der Waals surface area contributed by atoms with E-state index in [1.165, 1.54) is 18.2 Å². The Hall–Kier alpha value is -3.21. The molecule has 2 aromatic carbocycles. The predicted molar refractivity (Wildman–Crippen MR) is 150 cm³/mol. The van der Waals surface area contributed by atoms with Crippen molar-refractivity contribution in [2.75, 3.05) is 26.2 Å². The summed E-state index contributed by atoms with van der Waals surface area (Å²) >= 11 is 1.40. The van der Waals surface area contributed by atoms with Gasteiger partial charge in [0.15, 0.2) is 5.17 Å². The van der Waals surface area contributed by atoms with Gasteiger partial charge in [-0.3, -0.25) is 4.79 Å². The van der Waals surface area contributed by atoms with Crippen LogP contribution in [0.15, 0.2) is 75.6 Å². The Balaban J connectivity index is 1.38. The highest BCUT2D eigenvalue weighted by Gasteiger charge is 2.29. The molecule has 0 spiro atoms. The van der Waals surface area contributed by atoms with Gasteiger partial charge in [0.25, 0.3) is 5.91 Å². The molecule has 0 radical (unpaired) electrons. The van der Waals surface area contributed by atoms with E-state index in [0.717, 1.165) is 55.2 Å². The molecule has 1 aromatic heterocycles. The third-order valence-electron chi connectivity index (χ3n) is 7.10. The molecule has 2 fully saturated rings. The first kappa shape index (κ1) is 25.1. The molecule has 3 aliphatic rings. The molecular weight excluding hydrogens is 518 g/mol. The van der Waals surface area contributed by atoms with Gasteiger partial charge < -0.3 is 4.90 Å². The lowest BCUT2D eigenvalue weighted by atomic mass is 10.1. The van der Waals surface area contributed by atoms with E-state index in [2.05, 4.69) is 9.89 Å². The molecule has 3 aromatic rings. The van der Waals surface area contributed by atoms with Crippen molar-refractivity contribution >= 4 is 38.9 Å². The first-order valence-electron chi connectivity index (χ1n) is 13.0. The third-order valence-corrected chi connectivity index (χ3v) is 10.0. The maximum atomic E-state index is 13.3. The molecule has 0 bridgehead atoms. The molecule has 0 N–H and O–H groups in total. The van der Waals surface area contributed by atoms with Crippen molar-refractivity contribution in [3.8, 4) is 16.9 Å². The molecular formula is C28H29N5O3S2. The number of hydrogen-bond donors (Lipinski definition) is 0. The number of amides is 1. The first-order valence-corrected chi connectivity index (χ1v) is 15.3. The highest BCUT2D eigenvalue weighted by atomic mass is 32.2. The molecule has 38 heavy (non-hydrogen) atoms. The summed E-state index contributed by atoms with van der Waals surface area (Å²) in [6.07, 6.45) is 8.90. The molecule has 3 aliphatic heterocycles. The normalized spacial score (nSPS) is 19.9. The Labute approximate surface area is 227 Å². The monoisotopic (exact) mass is 547 g/mol. The van der Waals surface area contributed by atoms with Crippen LogP contribution in [0.25, 0.3) is 23.0 Å². The minimum Gasteiger partial charge on any atom is -0.351 e. The lowest BCUT2D eigenvalue weighted by molar-refractivity contribution is -0.113. The van der Waals surface area contributed by atoms with E-state index in [9.17, 15) is 13.2 Å². The van der Waals surface area contributed by atoms with Gasteiger partial charge in [-0.2, -0.15) is 14.4 Å². The van der Waals surface area contributed by atoms with Crippen LogP contribution in [0.4, 0.5) is 0 Å².